The molecule has 0 atom stereocenters. The fraction of sp³-hybridized carbons (Fsp3) is 0.889. The highest BCUT2D eigenvalue weighted by molar-refractivity contribution is 5.77. The van der Waals surface area contributed by atoms with E-state index in [9.17, 15) is 9.59 Å². The zero-order valence-corrected chi connectivity index (χ0v) is 15.1. The third-order valence-corrected chi connectivity index (χ3v) is 6.10. The quantitative estimate of drug-likeness (QED) is 0.864. The first-order chi connectivity index (χ1) is 11.0. The van der Waals surface area contributed by atoms with E-state index in [0.717, 1.165) is 12.8 Å². The molecule has 0 radical (unpaired) electrons. The van der Waals surface area contributed by atoms with E-state index < -0.39 is 0 Å². The molecule has 1 saturated heterocycles. The summed E-state index contributed by atoms with van der Waals surface area (Å²) in [6.07, 6.45) is 7.69. The molecule has 3 amide bonds. The van der Waals surface area contributed by atoms with E-state index in [4.69, 9.17) is 0 Å². The van der Waals surface area contributed by atoms with Gasteiger partial charge in [0.15, 0.2) is 0 Å². The maximum atomic E-state index is 12.4. The normalized spacial score (nSPS) is 22.0. The van der Waals surface area contributed by atoms with E-state index in [1.54, 1.807) is 0 Å². The van der Waals surface area contributed by atoms with Gasteiger partial charge in [-0.1, -0.05) is 33.6 Å². The van der Waals surface area contributed by atoms with E-state index in [1.807, 2.05) is 16.7 Å². The first-order valence-electron chi connectivity index (χ1n) is 9.36. The summed E-state index contributed by atoms with van der Waals surface area (Å²) in [7, 11) is 0. The van der Waals surface area contributed by atoms with Gasteiger partial charge in [0.05, 0.1) is 0 Å². The van der Waals surface area contributed by atoms with Crippen molar-refractivity contribution in [3.63, 3.8) is 0 Å². The topological polar surface area (TPSA) is 52.7 Å². The number of hydrogen-bond acceptors (Lipinski definition) is 2. The highest BCUT2D eigenvalue weighted by Crippen LogP contribution is 2.41. The maximum Gasteiger partial charge on any atom is 0.317 e. The lowest BCUT2D eigenvalue weighted by molar-refractivity contribution is -0.132. The second kappa shape index (κ2) is 8.02. The van der Waals surface area contributed by atoms with Gasteiger partial charge in [0.2, 0.25) is 5.91 Å². The lowest BCUT2D eigenvalue weighted by Gasteiger charge is -2.40. The summed E-state index contributed by atoms with van der Waals surface area (Å²) < 4.78 is 0. The van der Waals surface area contributed by atoms with Crippen LogP contribution in [0.3, 0.4) is 0 Å². The molecule has 5 heteroatoms. The average molecular weight is 323 g/mol. The lowest BCUT2D eigenvalue weighted by Crippen LogP contribution is -2.55. The van der Waals surface area contributed by atoms with Crippen LogP contribution >= 0.6 is 0 Å². The van der Waals surface area contributed by atoms with Crippen LogP contribution in [0.5, 0.6) is 0 Å². The summed E-state index contributed by atoms with van der Waals surface area (Å²) in [5.41, 5.74) is 0.507. The monoisotopic (exact) mass is 323 g/mol. The molecule has 0 spiro atoms. The van der Waals surface area contributed by atoms with Crippen LogP contribution in [0.15, 0.2) is 0 Å². The van der Waals surface area contributed by atoms with E-state index in [0.29, 0.717) is 44.1 Å². The number of urea groups is 1. The van der Waals surface area contributed by atoms with Gasteiger partial charge in [0.1, 0.15) is 0 Å². The van der Waals surface area contributed by atoms with Crippen LogP contribution in [0.1, 0.15) is 65.7 Å². The molecule has 1 heterocycles. The fourth-order valence-corrected chi connectivity index (χ4v) is 3.98. The van der Waals surface area contributed by atoms with E-state index >= 15 is 0 Å². The first kappa shape index (κ1) is 18.1. The van der Waals surface area contributed by atoms with Crippen molar-refractivity contribution in [3.05, 3.63) is 0 Å². The molecule has 0 aromatic carbocycles. The van der Waals surface area contributed by atoms with Crippen molar-refractivity contribution in [2.24, 2.45) is 5.41 Å². The molecule has 0 unspecified atom stereocenters. The van der Waals surface area contributed by atoms with Gasteiger partial charge in [-0.2, -0.15) is 0 Å². The van der Waals surface area contributed by atoms with Gasteiger partial charge in [-0.3, -0.25) is 4.79 Å². The predicted molar refractivity (Wildman–Crippen MR) is 92.2 cm³/mol. The number of carbonyl (C=O) groups excluding carboxylic acids is 2. The molecule has 2 rings (SSSR count). The molecular weight excluding hydrogens is 290 g/mol. The van der Waals surface area contributed by atoms with Gasteiger partial charge >= 0.3 is 6.03 Å². The van der Waals surface area contributed by atoms with E-state index in [2.05, 4.69) is 19.2 Å². The molecular formula is C18H33N3O2. The van der Waals surface area contributed by atoms with Gasteiger partial charge < -0.3 is 15.1 Å². The van der Waals surface area contributed by atoms with Crippen molar-refractivity contribution in [2.45, 2.75) is 71.8 Å². The predicted octanol–water partition coefficient (Wildman–Crippen LogP) is 3.00. The second-order valence-electron chi connectivity index (χ2n) is 7.15. The molecule has 1 saturated carbocycles. The van der Waals surface area contributed by atoms with Gasteiger partial charge in [-0.15, -0.1) is 0 Å². The van der Waals surface area contributed by atoms with E-state index in [1.165, 1.54) is 25.7 Å². The molecule has 1 aliphatic carbocycles. The van der Waals surface area contributed by atoms with Gasteiger partial charge in [-0.05, 0) is 31.1 Å². The number of nitrogens with zero attached hydrogens (tertiary/aromatic N) is 2. The minimum atomic E-state index is 0.0547. The van der Waals surface area contributed by atoms with Crippen LogP contribution in [0.25, 0.3) is 0 Å². The summed E-state index contributed by atoms with van der Waals surface area (Å²) in [6.45, 7) is 9.10. The average Bonchev–Trinajstić information content (AvgIpc) is 2.62. The highest BCUT2D eigenvalue weighted by atomic mass is 16.2. The lowest BCUT2D eigenvalue weighted by atomic mass is 9.69. The first-order valence-corrected chi connectivity index (χ1v) is 9.36. The number of hydrogen-bond donors (Lipinski definition) is 1. The second-order valence-corrected chi connectivity index (χ2v) is 7.15. The summed E-state index contributed by atoms with van der Waals surface area (Å²) in [4.78, 5) is 27.8. The van der Waals surface area contributed by atoms with Crippen molar-refractivity contribution in [1.82, 2.24) is 15.1 Å². The maximum absolute atomic E-state index is 12.4. The molecule has 132 valence electrons. The SMILES string of the molecule is CCC(=O)N1CCN(C(=O)NC2CCC(CC)(CC)CC2)CC1. The number of nitrogens with one attached hydrogen (secondary N) is 1. The number of rotatable bonds is 4. The van der Waals surface area contributed by atoms with Crippen LogP contribution in [-0.2, 0) is 4.79 Å². The standard InChI is InChI=1S/C18H33N3O2/c1-4-16(22)20-11-13-21(14-12-20)17(23)19-15-7-9-18(5-2,6-3)10-8-15/h15H,4-14H2,1-3H3,(H,19,23). The summed E-state index contributed by atoms with van der Waals surface area (Å²) in [5.74, 6) is 0.188. The Morgan fingerprint density at radius 1 is 0.957 bits per heavy atom. The number of piperazine rings is 1. The smallest absolute Gasteiger partial charge is 0.317 e. The summed E-state index contributed by atoms with van der Waals surface area (Å²) in [6, 6.07) is 0.378. The van der Waals surface area contributed by atoms with Crippen molar-refractivity contribution >= 4 is 11.9 Å². The Labute approximate surface area is 140 Å². The molecule has 2 fully saturated rings. The Morgan fingerprint density at radius 2 is 1.48 bits per heavy atom. The minimum absolute atomic E-state index is 0.0547. The summed E-state index contributed by atoms with van der Waals surface area (Å²) >= 11 is 0. The highest BCUT2D eigenvalue weighted by Gasteiger charge is 2.33. The van der Waals surface area contributed by atoms with Crippen LogP contribution in [0.2, 0.25) is 0 Å². The molecule has 1 N–H and O–H groups in total. The minimum Gasteiger partial charge on any atom is -0.339 e. The van der Waals surface area contributed by atoms with Crippen LogP contribution in [0.4, 0.5) is 4.79 Å². The van der Waals surface area contributed by atoms with Crippen molar-refractivity contribution in [2.75, 3.05) is 26.2 Å². The largest absolute Gasteiger partial charge is 0.339 e. The molecule has 1 aliphatic heterocycles. The third-order valence-electron chi connectivity index (χ3n) is 6.10. The van der Waals surface area contributed by atoms with Gasteiger partial charge in [0, 0.05) is 38.6 Å². The van der Waals surface area contributed by atoms with Crippen LogP contribution in [0, 0.1) is 5.41 Å². The van der Waals surface area contributed by atoms with Gasteiger partial charge in [-0.25, -0.2) is 4.79 Å². The van der Waals surface area contributed by atoms with Crippen LogP contribution in [-0.4, -0.2) is 54.0 Å². The zero-order chi connectivity index (χ0) is 16.9. The molecule has 0 aromatic rings. The Bertz CT molecular complexity index is 402. The number of carbonyl (C=O) groups is 2. The van der Waals surface area contributed by atoms with E-state index in [-0.39, 0.29) is 11.9 Å². The Balaban J connectivity index is 1.75. The van der Waals surface area contributed by atoms with Crippen molar-refractivity contribution < 1.29 is 9.59 Å². The Kier molecular flexibility index (Phi) is 6.31. The van der Waals surface area contributed by atoms with Crippen molar-refractivity contribution in [1.29, 1.82) is 0 Å². The Morgan fingerprint density at radius 3 is 1.96 bits per heavy atom. The molecule has 2 aliphatic rings. The molecule has 0 aromatic heterocycles. The third kappa shape index (κ3) is 4.39. The Hall–Kier alpha value is -1.26. The fourth-order valence-electron chi connectivity index (χ4n) is 3.98. The molecule has 23 heavy (non-hydrogen) atoms. The molecule has 0 bridgehead atoms. The zero-order valence-electron chi connectivity index (χ0n) is 15.1. The number of amides is 3. The molecule has 5 nitrogen and oxygen atoms in total. The van der Waals surface area contributed by atoms with Crippen molar-refractivity contribution in [3.8, 4) is 0 Å². The van der Waals surface area contributed by atoms with Crippen LogP contribution < -0.4 is 5.32 Å². The van der Waals surface area contributed by atoms with Gasteiger partial charge in [0.25, 0.3) is 0 Å². The summed E-state index contributed by atoms with van der Waals surface area (Å²) in [5, 5.41) is 3.22.